The van der Waals surface area contributed by atoms with E-state index in [4.69, 9.17) is 22.6 Å². The van der Waals surface area contributed by atoms with E-state index in [0.29, 0.717) is 26.2 Å². The first-order valence-corrected chi connectivity index (χ1v) is 8.26. The summed E-state index contributed by atoms with van der Waals surface area (Å²) >= 11 is 5.95. The Balaban J connectivity index is 1.88. The third-order valence-corrected chi connectivity index (χ3v) is 4.05. The van der Waals surface area contributed by atoms with Gasteiger partial charge in [-0.2, -0.15) is 23.5 Å². The lowest BCUT2D eigenvalue weighted by atomic mass is 10.2. The molecule has 0 bridgehead atoms. The quantitative estimate of drug-likeness (QED) is 0.434. The van der Waals surface area contributed by atoms with Gasteiger partial charge in [-0.05, 0) is 6.07 Å². The third-order valence-electron chi connectivity index (χ3n) is 3.77. The van der Waals surface area contributed by atoms with E-state index in [0.717, 1.165) is 12.3 Å². The maximum atomic E-state index is 12.7. The number of hydrogen-bond acceptors (Lipinski definition) is 6. The van der Waals surface area contributed by atoms with Gasteiger partial charge >= 0.3 is 6.18 Å². The molecule has 1 aliphatic rings. The number of nitriles is 1. The second kappa shape index (κ2) is 8.88. The van der Waals surface area contributed by atoms with E-state index >= 15 is 0 Å². The lowest BCUT2D eigenvalue weighted by Gasteiger charge is -2.35. The fourth-order valence-electron chi connectivity index (χ4n) is 2.43. The van der Waals surface area contributed by atoms with E-state index in [-0.39, 0.29) is 35.5 Å². The van der Waals surface area contributed by atoms with Crippen molar-refractivity contribution in [3.05, 3.63) is 22.8 Å². The maximum Gasteiger partial charge on any atom is 0.417 e. The molecule has 8 nitrogen and oxygen atoms in total. The number of hydrazone groups is 1. The number of halogens is 4. The summed E-state index contributed by atoms with van der Waals surface area (Å²) in [7, 11) is 0. The lowest BCUT2D eigenvalue weighted by Crippen LogP contribution is -2.49. The Morgan fingerprint density at radius 2 is 2.07 bits per heavy atom. The van der Waals surface area contributed by atoms with Gasteiger partial charge in [0.1, 0.15) is 11.7 Å². The van der Waals surface area contributed by atoms with Crippen LogP contribution in [-0.2, 0) is 11.0 Å². The standard InChI is InChI=1S/C15H17ClF3N7O/c16-11-7-10(15(17,18)19)8-22-14(11)26-5-3-25(4-6-26)9-13(27)24-23-12(21)1-2-20/h7-8H,1,3-6,9H2,(H2,21,23)(H,24,27). The van der Waals surface area contributed by atoms with Crippen molar-refractivity contribution in [1.29, 1.82) is 5.26 Å². The summed E-state index contributed by atoms with van der Waals surface area (Å²) in [5.74, 6) is -0.0867. The maximum absolute atomic E-state index is 12.7. The predicted molar refractivity (Wildman–Crippen MR) is 92.9 cm³/mol. The smallest absolute Gasteiger partial charge is 0.385 e. The minimum absolute atomic E-state index is 0.0127. The number of piperazine rings is 1. The van der Waals surface area contributed by atoms with Crippen LogP contribution < -0.4 is 16.1 Å². The van der Waals surface area contributed by atoms with Gasteiger partial charge in [0.2, 0.25) is 0 Å². The van der Waals surface area contributed by atoms with Gasteiger partial charge in [-0.25, -0.2) is 10.4 Å². The molecule has 2 heterocycles. The summed E-state index contributed by atoms with van der Waals surface area (Å²) in [6.07, 6.45) is -3.83. The van der Waals surface area contributed by atoms with Crippen LogP contribution in [-0.4, -0.2) is 54.4 Å². The number of amides is 1. The highest BCUT2D eigenvalue weighted by Gasteiger charge is 2.32. The molecule has 0 unspecified atom stereocenters. The molecule has 1 aliphatic heterocycles. The van der Waals surface area contributed by atoms with Crippen LogP contribution in [0.2, 0.25) is 5.02 Å². The Kier molecular flexibility index (Phi) is 6.81. The van der Waals surface area contributed by atoms with E-state index in [1.165, 1.54) is 0 Å². The second-order valence-corrected chi connectivity index (χ2v) is 6.17. The van der Waals surface area contributed by atoms with Crippen LogP contribution in [0.15, 0.2) is 17.4 Å². The van der Waals surface area contributed by atoms with Crippen molar-refractivity contribution in [1.82, 2.24) is 15.3 Å². The number of carbonyl (C=O) groups is 1. The fourth-order valence-corrected chi connectivity index (χ4v) is 2.72. The molecular weight excluding hydrogens is 387 g/mol. The molecule has 2 rings (SSSR count). The van der Waals surface area contributed by atoms with Gasteiger partial charge in [0.25, 0.3) is 5.91 Å². The molecule has 3 N–H and O–H groups in total. The minimum Gasteiger partial charge on any atom is -0.385 e. The van der Waals surface area contributed by atoms with Crippen molar-refractivity contribution in [2.24, 2.45) is 10.8 Å². The van der Waals surface area contributed by atoms with Crippen molar-refractivity contribution in [2.45, 2.75) is 12.6 Å². The number of nitrogens with zero attached hydrogens (tertiary/aromatic N) is 5. The summed E-state index contributed by atoms with van der Waals surface area (Å²) in [5.41, 5.74) is 6.77. The molecule has 12 heteroatoms. The van der Waals surface area contributed by atoms with E-state index in [1.54, 1.807) is 4.90 Å². The number of aromatic nitrogens is 1. The van der Waals surface area contributed by atoms with Gasteiger partial charge in [-0.15, -0.1) is 0 Å². The fraction of sp³-hybridized carbons (Fsp3) is 0.467. The van der Waals surface area contributed by atoms with Gasteiger partial charge < -0.3 is 10.6 Å². The zero-order chi connectivity index (χ0) is 20.0. The molecule has 1 aromatic heterocycles. The lowest BCUT2D eigenvalue weighted by molar-refractivity contribution is -0.137. The van der Waals surface area contributed by atoms with E-state index in [1.807, 2.05) is 11.0 Å². The molecule has 0 atom stereocenters. The summed E-state index contributed by atoms with van der Waals surface area (Å²) in [4.78, 5) is 19.3. The molecular formula is C15H17ClF3N7O. The molecule has 0 saturated carbocycles. The van der Waals surface area contributed by atoms with Gasteiger partial charge in [0.05, 0.1) is 29.6 Å². The summed E-state index contributed by atoms with van der Waals surface area (Å²) in [6, 6.07) is 2.66. The van der Waals surface area contributed by atoms with Crippen molar-refractivity contribution < 1.29 is 18.0 Å². The number of rotatable bonds is 5. The molecule has 27 heavy (non-hydrogen) atoms. The molecule has 1 aromatic rings. The molecule has 0 aliphatic carbocycles. The zero-order valence-electron chi connectivity index (χ0n) is 14.1. The molecule has 0 aromatic carbocycles. The van der Waals surface area contributed by atoms with Gasteiger partial charge in [0, 0.05) is 32.4 Å². The van der Waals surface area contributed by atoms with Crippen molar-refractivity contribution in [3.8, 4) is 6.07 Å². The number of nitrogens with two attached hydrogens (primary N) is 1. The number of carbonyl (C=O) groups excluding carboxylic acids is 1. The summed E-state index contributed by atoms with van der Waals surface area (Å²) in [5, 5.41) is 12.0. The number of pyridine rings is 1. The highest BCUT2D eigenvalue weighted by Crippen LogP contribution is 2.33. The molecule has 0 spiro atoms. The van der Waals surface area contributed by atoms with Crippen LogP contribution in [0.5, 0.6) is 0 Å². The summed E-state index contributed by atoms with van der Waals surface area (Å²) < 4.78 is 38.0. The van der Waals surface area contributed by atoms with E-state index < -0.39 is 11.7 Å². The van der Waals surface area contributed by atoms with E-state index in [2.05, 4.69) is 15.5 Å². The topological polar surface area (TPSA) is 111 Å². The van der Waals surface area contributed by atoms with Crippen molar-refractivity contribution >= 4 is 29.2 Å². The van der Waals surface area contributed by atoms with E-state index in [9.17, 15) is 18.0 Å². The molecule has 1 fully saturated rings. The van der Waals surface area contributed by atoms with Crippen LogP contribution >= 0.6 is 11.6 Å². The normalized spacial score (nSPS) is 16.1. The number of hydrogen-bond donors (Lipinski definition) is 2. The number of amidine groups is 1. The Labute approximate surface area is 158 Å². The van der Waals surface area contributed by atoms with Gasteiger partial charge in [-0.3, -0.25) is 9.69 Å². The monoisotopic (exact) mass is 403 g/mol. The van der Waals surface area contributed by atoms with Crippen molar-refractivity contribution in [2.75, 3.05) is 37.6 Å². The Morgan fingerprint density at radius 1 is 1.41 bits per heavy atom. The highest BCUT2D eigenvalue weighted by molar-refractivity contribution is 6.33. The number of anilines is 1. The van der Waals surface area contributed by atoms with Crippen LogP contribution in [0.3, 0.4) is 0 Å². The second-order valence-electron chi connectivity index (χ2n) is 5.76. The SMILES string of the molecule is N#CC/C(N)=N/NC(=O)CN1CCN(c2ncc(C(F)(F)F)cc2Cl)CC1. The van der Waals surface area contributed by atoms with Crippen LogP contribution in [0.1, 0.15) is 12.0 Å². The van der Waals surface area contributed by atoms with Crippen LogP contribution in [0, 0.1) is 11.3 Å². The first-order chi connectivity index (χ1) is 12.7. The molecule has 1 saturated heterocycles. The number of nitrogens with one attached hydrogen (secondary N) is 1. The number of alkyl halides is 3. The average Bonchev–Trinajstić information content (AvgIpc) is 2.60. The predicted octanol–water partition coefficient (Wildman–Crippen LogP) is 1.18. The van der Waals surface area contributed by atoms with Gasteiger partial charge in [-0.1, -0.05) is 11.6 Å². The first-order valence-electron chi connectivity index (χ1n) is 7.88. The zero-order valence-corrected chi connectivity index (χ0v) is 14.9. The molecule has 1 amide bonds. The largest absolute Gasteiger partial charge is 0.417 e. The van der Waals surface area contributed by atoms with Crippen LogP contribution in [0.25, 0.3) is 0 Å². The Bertz CT molecular complexity index is 755. The molecule has 146 valence electrons. The first kappa shape index (κ1) is 20.7. The third kappa shape index (κ3) is 5.97. The highest BCUT2D eigenvalue weighted by atomic mass is 35.5. The van der Waals surface area contributed by atoms with Crippen molar-refractivity contribution in [3.63, 3.8) is 0 Å². The van der Waals surface area contributed by atoms with Gasteiger partial charge in [0.15, 0.2) is 0 Å². The Hall–Kier alpha value is -2.58. The minimum atomic E-state index is -4.50. The van der Waals surface area contributed by atoms with Crippen LogP contribution in [0.4, 0.5) is 19.0 Å². The molecule has 0 radical (unpaired) electrons. The Morgan fingerprint density at radius 3 is 2.63 bits per heavy atom. The average molecular weight is 404 g/mol. The summed E-state index contributed by atoms with van der Waals surface area (Å²) in [6.45, 7) is 1.95.